The zero-order valence-electron chi connectivity index (χ0n) is 4.30. The molecule has 0 aliphatic heterocycles. The molecule has 0 atom stereocenters. The average Bonchev–Trinajstić information content (AvgIpc) is 2.35. The Hall–Kier alpha value is 0.0700. The van der Waals surface area contributed by atoms with Gasteiger partial charge in [-0.05, 0) is 27.5 Å². The molecule has 2 aromatic heterocycles. The first-order valence-electron chi connectivity index (χ1n) is 2.35. The van der Waals surface area contributed by atoms with Crippen molar-refractivity contribution in [2.75, 3.05) is 0 Å². The summed E-state index contributed by atoms with van der Waals surface area (Å²) in [5.74, 6) is 0. The van der Waals surface area contributed by atoms with Crippen LogP contribution in [0.15, 0.2) is 16.0 Å². The van der Waals surface area contributed by atoms with Gasteiger partial charge in [0.2, 0.25) is 0 Å². The minimum atomic E-state index is 1.16. The summed E-state index contributed by atoms with van der Waals surface area (Å²) in [7, 11) is 0. The normalized spacial score (nSPS) is 10.8. The SMILES string of the molecule is Brc1csc2sncc12. The van der Waals surface area contributed by atoms with Crippen LogP contribution < -0.4 is 0 Å². The van der Waals surface area contributed by atoms with E-state index in [1.54, 1.807) is 22.9 Å². The second kappa shape index (κ2) is 2.04. The van der Waals surface area contributed by atoms with Crippen LogP contribution in [0.25, 0.3) is 9.40 Å². The van der Waals surface area contributed by atoms with Gasteiger partial charge in [-0.3, -0.25) is 0 Å². The molecule has 0 aromatic carbocycles. The van der Waals surface area contributed by atoms with Gasteiger partial charge in [-0.2, -0.15) is 4.37 Å². The zero-order valence-corrected chi connectivity index (χ0v) is 7.52. The predicted molar refractivity (Wildman–Crippen MR) is 45.2 cm³/mol. The van der Waals surface area contributed by atoms with Crippen molar-refractivity contribution in [2.45, 2.75) is 0 Å². The Morgan fingerprint density at radius 1 is 1.56 bits per heavy atom. The molecule has 0 saturated heterocycles. The standard InChI is InChI=1S/C5H2BrNS2/c6-4-2-8-5-3(4)1-7-9-5/h1-2H. The van der Waals surface area contributed by atoms with Gasteiger partial charge in [0.05, 0.1) is 6.20 Å². The van der Waals surface area contributed by atoms with Crippen LogP contribution in [-0.2, 0) is 0 Å². The topological polar surface area (TPSA) is 12.9 Å². The highest BCUT2D eigenvalue weighted by atomic mass is 79.9. The molecule has 2 rings (SSSR count). The Labute approximate surface area is 68.6 Å². The number of hydrogen-bond acceptors (Lipinski definition) is 3. The molecular formula is C5H2BrNS2. The Balaban J connectivity index is 2.99. The van der Waals surface area contributed by atoms with Crippen LogP contribution in [-0.4, -0.2) is 4.37 Å². The fraction of sp³-hybridized carbons (Fsp3) is 0. The largest absolute Gasteiger partial charge is 0.199 e. The Bertz CT molecular complexity index is 324. The first-order chi connectivity index (χ1) is 4.38. The minimum Gasteiger partial charge on any atom is -0.199 e. The molecule has 2 aromatic rings. The molecule has 9 heavy (non-hydrogen) atoms. The van der Waals surface area contributed by atoms with Gasteiger partial charge in [-0.15, -0.1) is 11.3 Å². The minimum absolute atomic E-state index is 1.16. The number of rotatable bonds is 0. The fourth-order valence-corrected chi connectivity index (χ4v) is 3.07. The number of aromatic nitrogens is 1. The van der Waals surface area contributed by atoms with Crippen molar-refractivity contribution in [3.8, 4) is 0 Å². The predicted octanol–water partition coefficient (Wildman–Crippen LogP) is 3.12. The van der Waals surface area contributed by atoms with Crippen LogP contribution in [0.4, 0.5) is 0 Å². The quantitative estimate of drug-likeness (QED) is 0.664. The number of halogens is 1. The lowest BCUT2D eigenvalue weighted by atomic mass is 10.5. The molecule has 0 amide bonds. The van der Waals surface area contributed by atoms with E-state index in [2.05, 4.69) is 25.7 Å². The molecule has 0 unspecified atom stereocenters. The second-order valence-electron chi connectivity index (χ2n) is 1.61. The highest BCUT2D eigenvalue weighted by Crippen LogP contribution is 2.32. The van der Waals surface area contributed by atoms with Crippen LogP contribution in [0, 0.1) is 0 Å². The van der Waals surface area contributed by atoms with Crippen molar-refractivity contribution < 1.29 is 0 Å². The van der Waals surface area contributed by atoms with E-state index in [4.69, 9.17) is 0 Å². The molecule has 0 saturated carbocycles. The number of thiophene rings is 1. The van der Waals surface area contributed by atoms with Gasteiger partial charge in [-0.25, -0.2) is 0 Å². The first-order valence-corrected chi connectivity index (χ1v) is 4.80. The molecule has 0 radical (unpaired) electrons. The number of fused-ring (bicyclic) bond motifs is 1. The first kappa shape index (κ1) is 5.82. The van der Waals surface area contributed by atoms with Crippen LogP contribution in [0.5, 0.6) is 0 Å². The van der Waals surface area contributed by atoms with E-state index in [1.165, 1.54) is 9.40 Å². The third-order valence-electron chi connectivity index (χ3n) is 1.06. The number of nitrogens with zero attached hydrogens (tertiary/aromatic N) is 1. The molecule has 0 fully saturated rings. The van der Waals surface area contributed by atoms with Gasteiger partial charge in [0.25, 0.3) is 0 Å². The van der Waals surface area contributed by atoms with Crippen molar-refractivity contribution in [3.63, 3.8) is 0 Å². The van der Waals surface area contributed by atoms with Gasteiger partial charge in [0.1, 0.15) is 4.01 Å². The summed E-state index contributed by atoms with van der Waals surface area (Å²) < 4.78 is 6.50. The Morgan fingerprint density at radius 2 is 2.44 bits per heavy atom. The maximum Gasteiger partial charge on any atom is 0.108 e. The number of hydrogen-bond donors (Lipinski definition) is 0. The lowest BCUT2D eigenvalue weighted by molar-refractivity contribution is 1.60. The van der Waals surface area contributed by atoms with Gasteiger partial charge in [0.15, 0.2) is 0 Å². The molecule has 0 bridgehead atoms. The molecule has 2 heterocycles. The smallest absolute Gasteiger partial charge is 0.108 e. The molecule has 4 heteroatoms. The van der Waals surface area contributed by atoms with Crippen LogP contribution in [0.3, 0.4) is 0 Å². The lowest BCUT2D eigenvalue weighted by Crippen LogP contribution is -1.49. The summed E-state index contributed by atoms with van der Waals surface area (Å²) in [6.07, 6.45) is 1.89. The summed E-state index contributed by atoms with van der Waals surface area (Å²) >= 11 is 6.70. The van der Waals surface area contributed by atoms with Crippen LogP contribution in [0.2, 0.25) is 0 Å². The monoisotopic (exact) mass is 219 g/mol. The van der Waals surface area contributed by atoms with E-state index in [-0.39, 0.29) is 0 Å². The highest BCUT2D eigenvalue weighted by molar-refractivity contribution is 9.10. The van der Waals surface area contributed by atoms with Crippen molar-refractivity contribution in [3.05, 3.63) is 16.0 Å². The molecule has 0 aliphatic rings. The highest BCUT2D eigenvalue weighted by Gasteiger charge is 2.00. The molecule has 46 valence electrons. The van der Waals surface area contributed by atoms with Crippen molar-refractivity contribution in [1.82, 2.24) is 4.37 Å². The van der Waals surface area contributed by atoms with Crippen molar-refractivity contribution >= 4 is 48.2 Å². The van der Waals surface area contributed by atoms with Crippen molar-refractivity contribution in [1.29, 1.82) is 0 Å². The molecule has 0 spiro atoms. The van der Waals surface area contributed by atoms with E-state index in [1.807, 2.05) is 6.20 Å². The van der Waals surface area contributed by atoms with Crippen molar-refractivity contribution in [2.24, 2.45) is 0 Å². The zero-order chi connectivity index (χ0) is 6.27. The van der Waals surface area contributed by atoms with Gasteiger partial charge >= 0.3 is 0 Å². The lowest BCUT2D eigenvalue weighted by Gasteiger charge is -1.71. The van der Waals surface area contributed by atoms with E-state index < -0.39 is 0 Å². The second-order valence-corrected chi connectivity index (χ2v) is 4.40. The summed E-state index contributed by atoms with van der Waals surface area (Å²) in [6, 6.07) is 0. The van der Waals surface area contributed by atoms with E-state index in [0.29, 0.717) is 0 Å². The third-order valence-corrected chi connectivity index (χ3v) is 3.92. The molecule has 0 N–H and O–H groups in total. The molecule has 0 aliphatic carbocycles. The molecular weight excluding hydrogens is 218 g/mol. The van der Waals surface area contributed by atoms with Gasteiger partial charge in [-0.1, -0.05) is 0 Å². The molecule has 1 nitrogen and oxygen atoms in total. The summed E-state index contributed by atoms with van der Waals surface area (Å²) in [5, 5.41) is 3.33. The maximum atomic E-state index is 4.04. The summed E-state index contributed by atoms with van der Waals surface area (Å²) in [4.78, 5) is 0. The van der Waals surface area contributed by atoms with Crippen LogP contribution >= 0.6 is 38.8 Å². The Kier molecular flexibility index (Phi) is 1.32. The summed E-state index contributed by atoms with van der Waals surface area (Å²) in [5.41, 5.74) is 0. The van der Waals surface area contributed by atoms with E-state index in [0.717, 1.165) is 4.47 Å². The average molecular weight is 220 g/mol. The summed E-state index contributed by atoms with van der Waals surface area (Å²) in [6.45, 7) is 0. The van der Waals surface area contributed by atoms with Gasteiger partial charge in [0, 0.05) is 15.2 Å². The maximum absolute atomic E-state index is 4.04. The van der Waals surface area contributed by atoms with E-state index in [9.17, 15) is 0 Å². The van der Waals surface area contributed by atoms with Gasteiger partial charge < -0.3 is 0 Å². The van der Waals surface area contributed by atoms with Crippen LogP contribution in [0.1, 0.15) is 0 Å². The van der Waals surface area contributed by atoms with E-state index >= 15 is 0 Å². The fourth-order valence-electron chi connectivity index (χ4n) is 0.642. The Morgan fingerprint density at radius 3 is 3.22 bits per heavy atom. The third kappa shape index (κ3) is 0.818.